The minimum Gasteiger partial charge on any atom is -0.494 e. The second-order valence-electron chi connectivity index (χ2n) is 7.73. The molecule has 2 aromatic carbocycles. The number of rotatable bonds is 8. The molecule has 0 saturated carbocycles. The molecule has 12 heteroatoms. The van der Waals surface area contributed by atoms with E-state index in [1.807, 2.05) is 13.0 Å². The maximum atomic E-state index is 15.0. The summed E-state index contributed by atoms with van der Waals surface area (Å²) >= 11 is 0. The predicted octanol–water partition coefficient (Wildman–Crippen LogP) is 4.99. The normalized spacial score (nSPS) is 10.7. The van der Waals surface area contributed by atoms with E-state index in [0.717, 1.165) is 17.7 Å². The van der Waals surface area contributed by atoms with Crippen LogP contribution in [0.15, 0.2) is 47.5 Å². The number of para-hydroxylation sites is 1. The number of fused-ring (bicyclic) bond motifs is 1. The highest BCUT2D eigenvalue weighted by Crippen LogP contribution is 2.37. The van der Waals surface area contributed by atoms with Crippen LogP contribution in [0.4, 0.5) is 31.8 Å². The van der Waals surface area contributed by atoms with Gasteiger partial charge in [-0.25, -0.2) is 18.7 Å². The van der Waals surface area contributed by atoms with Crippen molar-refractivity contribution in [3.63, 3.8) is 0 Å². The molecular weight excluding hydrogens is 503 g/mol. The second kappa shape index (κ2) is 10.2. The highest BCUT2D eigenvalue weighted by atomic mass is 31.0. The zero-order chi connectivity index (χ0) is 26.9. The zero-order valence-corrected chi connectivity index (χ0v) is 21.0. The van der Waals surface area contributed by atoms with Crippen LogP contribution in [0.5, 0.6) is 11.5 Å². The number of aromatic nitrogens is 2. The van der Waals surface area contributed by atoms with E-state index in [4.69, 9.17) is 19.6 Å². The summed E-state index contributed by atoms with van der Waals surface area (Å²) in [5, 5.41) is 5.66. The van der Waals surface area contributed by atoms with Gasteiger partial charge in [-0.1, -0.05) is 18.7 Å². The summed E-state index contributed by atoms with van der Waals surface area (Å²) < 4.78 is 45.8. The fourth-order valence-corrected chi connectivity index (χ4v) is 4.01. The van der Waals surface area contributed by atoms with E-state index in [1.54, 1.807) is 12.1 Å². The van der Waals surface area contributed by atoms with Crippen LogP contribution >= 0.6 is 8.86 Å². The van der Waals surface area contributed by atoms with E-state index < -0.39 is 17.2 Å². The third-order valence-corrected chi connectivity index (χ3v) is 5.95. The Morgan fingerprint density at radius 2 is 1.89 bits per heavy atom. The lowest BCUT2D eigenvalue weighted by atomic mass is 10.1. The van der Waals surface area contributed by atoms with Crippen molar-refractivity contribution in [2.24, 2.45) is 0 Å². The quantitative estimate of drug-likeness (QED) is 0.217. The molecule has 0 spiro atoms. The van der Waals surface area contributed by atoms with Crippen LogP contribution < -0.4 is 25.8 Å². The number of carbonyl (C=O) groups excluding carboxylic acids is 1. The van der Waals surface area contributed by atoms with Gasteiger partial charge in [0.05, 0.1) is 42.6 Å². The standard InChI is InChI=1S/C25H22F2N5O4P/c1-5-16(33)30-12-8-6-7-11(2)21(12)31-25-29-10-15-22(32-25)20(28)23(36-15)24(37)17-18(26)13(34-3)9-14(35-4)19(17)27/h5-10,37H,1,28H2,2-4H3,(H,30,33)(H,29,31,32). The first kappa shape index (κ1) is 25.6. The zero-order valence-electron chi connectivity index (χ0n) is 20.0. The molecule has 4 N–H and O–H groups in total. The van der Waals surface area contributed by atoms with Crippen molar-refractivity contribution >= 4 is 54.2 Å². The molecule has 0 aliphatic carbocycles. The number of nitrogens with zero attached hydrogens (tertiary/aromatic N) is 2. The number of halogens is 2. The van der Waals surface area contributed by atoms with E-state index in [2.05, 4.69) is 36.0 Å². The Bertz CT molecular complexity index is 1540. The number of amides is 1. The highest BCUT2D eigenvalue weighted by Gasteiger charge is 2.27. The van der Waals surface area contributed by atoms with Crippen LogP contribution in [0.25, 0.3) is 11.1 Å². The number of anilines is 4. The van der Waals surface area contributed by atoms with Gasteiger partial charge in [-0.3, -0.25) is 4.79 Å². The van der Waals surface area contributed by atoms with Crippen molar-refractivity contribution in [3.05, 3.63) is 71.6 Å². The summed E-state index contributed by atoms with van der Waals surface area (Å²) in [4.78, 5) is 20.5. The van der Waals surface area contributed by atoms with Gasteiger partial charge in [-0.05, 0) is 24.6 Å². The summed E-state index contributed by atoms with van der Waals surface area (Å²) in [6, 6.07) is 6.42. The smallest absolute Gasteiger partial charge is 0.247 e. The number of hydrogen-bond acceptors (Lipinski definition) is 8. The Labute approximate surface area is 212 Å². The second-order valence-corrected chi connectivity index (χ2v) is 8.23. The van der Waals surface area contributed by atoms with Gasteiger partial charge in [-0.15, -0.1) is 8.86 Å². The molecule has 0 aliphatic heterocycles. The van der Waals surface area contributed by atoms with Gasteiger partial charge in [0.1, 0.15) is 11.2 Å². The van der Waals surface area contributed by atoms with E-state index in [9.17, 15) is 4.79 Å². The van der Waals surface area contributed by atoms with Crippen LogP contribution in [-0.4, -0.2) is 35.4 Å². The molecule has 4 aromatic rings. The molecule has 0 bridgehead atoms. The number of aryl methyl sites for hydroxylation is 1. The number of benzene rings is 2. The van der Waals surface area contributed by atoms with Gasteiger partial charge in [0.15, 0.2) is 34.5 Å². The third-order valence-electron chi connectivity index (χ3n) is 5.47. The maximum Gasteiger partial charge on any atom is 0.247 e. The molecule has 4 rings (SSSR count). The van der Waals surface area contributed by atoms with Gasteiger partial charge in [-0.2, -0.15) is 0 Å². The van der Waals surface area contributed by atoms with Crippen molar-refractivity contribution in [1.82, 2.24) is 9.97 Å². The summed E-state index contributed by atoms with van der Waals surface area (Å²) in [5.74, 6) is -2.74. The van der Waals surface area contributed by atoms with Crippen LogP contribution in [0.1, 0.15) is 16.9 Å². The number of nitrogens with two attached hydrogens (primary N) is 1. The van der Waals surface area contributed by atoms with Crippen molar-refractivity contribution < 1.29 is 27.5 Å². The fourth-order valence-electron chi connectivity index (χ4n) is 3.61. The molecule has 2 aromatic heterocycles. The lowest BCUT2D eigenvalue weighted by Gasteiger charge is -2.14. The first-order valence-corrected chi connectivity index (χ1v) is 11.2. The topological polar surface area (TPSA) is 125 Å². The van der Waals surface area contributed by atoms with Crippen LogP contribution in [0.3, 0.4) is 0 Å². The van der Waals surface area contributed by atoms with E-state index >= 15 is 8.78 Å². The summed E-state index contributed by atoms with van der Waals surface area (Å²) in [6.45, 7) is 5.30. The molecule has 2 heterocycles. The number of carbonyl (C=O) groups is 1. The first-order chi connectivity index (χ1) is 17.7. The van der Waals surface area contributed by atoms with Crippen molar-refractivity contribution in [2.75, 3.05) is 30.6 Å². The van der Waals surface area contributed by atoms with Gasteiger partial charge < -0.3 is 30.3 Å². The Hall–Kier alpha value is -4.50. The van der Waals surface area contributed by atoms with E-state index in [1.165, 1.54) is 20.4 Å². The average molecular weight is 525 g/mol. The Morgan fingerprint density at radius 3 is 2.51 bits per heavy atom. The highest BCUT2D eigenvalue weighted by molar-refractivity contribution is 7.23. The van der Waals surface area contributed by atoms with Gasteiger partial charge in [0.2, 0.25) is 11.9 Å². The molecule has 9 nitrogen and oxygen atoms in total. The number of nitrogens with one attached hydrogen (secondary N) is 2. The first-order valence-electron chi connectivity index (χ1n) is 10.7. The SMILES string of the molecule is C=CC(=O)Nc1cccc(C)c1Nc1ncc2oc(C(=P)c3c(F)c(OC)cc(OC)c3F)c(N)c2n1. The molecule has 0 aliphatic rings. The number of nitrogen functional groups attached to an aromatic ring is 1. The molecule has 1 amide bonds. The predicted molar refractivity (Wildman–Crippen MR) is 140 cm³/mol. The molecule has 0 unspecified atom stereocenters. The summed E-state index contributed by atoms with van der Waals surface area (Å²) in [7, 11) is 5.77. The summed E-state index contributed by atoms with van der Waals surface area (Å²) in [5.41, 5.74) is 8.03. The molecule has 0 fully saturated rings. The van der Waals surface area contributed by atoms with Gasteiger partial charge >= 0.3 is 0 Å². The van der Waals surface area contributed by atoms with Gasteiger partial charge in [0.25, 0.3) is 0 Å². The average Bonchev–Trinajstić information content (AvgIpc) is 3.22. The maximum absolute atomic E-state index is 15.0. The van der Waals surface area contributed by atoms with Crippen LogP contribution in [-0.2, 0) is 4.79 Å². The lowest BCUT2D eigenvalue weighted by molar-refractivity contribution is -0.111. The van der Waals surface area contributed by atoms with Crippen LogP contribution in [0.2, 0.25) is 0 Å². The molecule has 0 saturated heterocycles. The number of ether oxygens (including phenoxy) is 2. The minimum absolute atomic E-state index is 0.0102. The number of methoxy groups -OCH3 is 2. The fraction of sp³-hybridized carbons (Fsp3) is 0.120. The van der Waals surface area contributed by atoms with Crippen molar-refractivity contribution in [1.29, 1.82) is 0 Å². The van der Waals surface area contributed by atoms with E-state index in [0.29, 0.717) is 11.4 Å². The van der Waals surface area contributed by atoms with Crippen LogP contribution in [0, 0.1) is 18.6 Å². The molecule has 0 atom stereocenters. The minimum atomic E-state index is -0.979. The van der Waals surface area contributed by atoms with Gasteiger partial charge in [0, 0.05) is 6.07 Å². The number of hydrogen-bond donors (Lipinski definition) is 3. The monoisotopic (exact) mass is 525 g/mol. The largest absolute Gasteiger partial charge is 0.494 e. The number of furan rings is 1. The van der Waals surface area contributed by atoms with E-state index in [-0.39, 0.29) is 51.2 Å². The molecule has 0 radical (unpaired) electrons. The lowest BCUT2D eigenvalue weighted by Crippen LogP contribution is -2.10. The van der Waals surface area contributed by atoms with Crippen molar-refractivity contribution in [2.45, 2.75) is 6.92 Å². The summed E-state index contributed by atoms with van der Waals surface area (Å²) in [6.07, 6.45) is 2.52. The third kappa shape index (κ3) is 4.68. The Kier molecular flexibility index (Phi) is 7.08. The molecular formula is C25H22F2N5O4P. The molecule has 37 heavy (non-hydrogen) atoms. The molecule has 190 valence electrons. The Balaban J connectivity index is 1.76. The van der Waals surface area contributed by atoms with Crippen molar-refractivity contribution in [3.8, 4) is 11.5 Å². The Morgan fingerprint density at radius 1 is 1.22 bits per heavy atom.